The SMILES string of the molecule is CCn1ccn(CCn2ccc(N)n2)c1=O. The van der Waals surface area contributed by atoms with Crippen molar-refractivity contribution in [1.82, 2.24) is 18.9 Å². The maximum atomic E-state index is 11.7. The Morgan fingerprint density at radius 1 is 1.25 bits per heavy atom. The van der Waals surface area contributed by atoms with Gasteiger partial charge in [0.05, 0.1) is 6.54 Å². The van der Waals surface area contributed by atoms with E-state index in [1.165, 1.54) is 0 Å². The highest BCUT2D eigenvalue weighted by Gasteiger charge is 2.01. The molecule has 16 heavy (non-hydrogen) atoms. The van der Waals surface area contributed by atoms with E-state index in [0.717, 1.165) is 0 Å². The van der Waals surface area contributed by atoms with Crippen LogP contribution in [0, 0.1) is 0 Å². The Kier molecular flexibility index (Phi) is 2.80. The summed E-state index contributed by atoms with van der Waals surface area (Å²) in [6.45, 7) is 3.89. The number of nitrogens with zero attached hydrogens (tertiary/aromatic N) is 4. The second-order valence-electron chi connectivity index (χ2n) is 3.56. The molecule has 0 atom stereocenters. The third-order valence-corrected chi connectivity index (χ3v) is 2.49. The van der Waals surface area contributed by atoms with E-state index in [9.17, 15) is 4.79 Å². The van der Waals surface area contributed by atoms with Crippen LogP contribution in [0.4, 0.5) is 5.82 Å². The van der Waals surface area contributed by atoms with Gasteiger partial charge in [0.15, 0.2) is 0 Å². The molecule has 2 N–H and O–H groups in total. The molecule has 0 fully saturated rings. The van der Waals surface area contributed by atoms with Gasteiger partial charge in [0.2, 0.25) is 0 Å². The first-order valence-corrected chi connectivity index (χ1v) is 5.25. The van der Waals surface area contributed by atoms with Gasteiger partial charge < -0.3 is 5.73 Å². The molecule has 0 saturated heterocycles. The summed E-state index contributed by atoms with van der Waals surface area (Å²) in [5, 5.41) is 4.05. The molecule has 2 aromatic rings. The van der Waals surface area contributed by atoms with Gasteiger partial charge in [0.25, 0.3) is 0 Å². The molecule has 0 bridgehead atoms. The minimum Gasteiger partial charge on any atom is -0.382 e. The lowest BCUT2D eigenvalue weighted by Gasteiger charge is -2.01. The van der Waals surface area contributed by atoms with E-state index >= 15 is 0 Å². The van der Waals surface area contributed by atoms with Crippen molar-refractivity contribution >= 4 is 5.82 Å². The van der Waals surface area contributed by atoms with E-state index < -0.39 is 0 Å². The molecular formula is C10H15N5O. The van der Waals surface area contributed by atoms with Crippen molar-refractivity contribution < 1.29 is 0 Å². The van der Waals surface area contributed by atoms with Crippen LogP contribution in [0.15, 0.2) is 29.5 Å². The lowest BCUT2D eigenvalue weighted by Crippen LogP contribution is -2.25. The Morgan fingerprint density at radius 2 is 2.00 bits per heavy atom. The zero-order chi connectivity index (χ0) is 11.5. The van der Waals surface area contributed by atoms with E-state index in [4.69, 9.17) is 5.73 Å². The van der Waals surface area contributed by atoms with Crippen molar-refractivity contribution in [2.75, 3.05) is 5.73 Å². The number of rotatable bonds is 4. The highest BCUT2D eigenvalue weighted by atomic mass is 16.1. The van der Waals surface area contributed by atoms with E-state index in [1.54, 1.807) is 38.5 Å². The van der Waals surface area contributed by atoms with Crippen molar-refractivity contribution in [1.29, 1.82) is 0 Å². The van der Waals surface area contributed by atoms with Gasteiger partial charge in [0, 0.05) is 31.7 Å². The summed E-state index contributed by atoms with van der Waals surface area (Å²) in [6, 6.07) is 1.74. The maximum Gasteiger partial charge on any atom is 0.328 e. The Bertz CT molecular complexity index is 521. The number of hydrogen-bond acceptors (Lipinski definition) is 3. The molecule has 0 spiro atoms. The lowest BCUT2D eigenvalue weighted by atomic mass is 10.6. The molecule has 0 radical (unpaired) electrons. The van der Waals surface area contributed by atoms with Gasteiger partial charge in [-0.25, -0.2) is 4.79 Å². The first-order chi connectivity index (χ1) is 7.70. The third kappa shape index (κ3) is 2.00. The third-order valence-electron chi connectivity index (χ3n) is 2.49. The van der Waals surface area contributed by atoms with Gasteiger partial charge in [-0.05, 0) is 13.0 Å². The highest BCUT2D eigenvalue weighted by molar-refractivity contribution is 5.23. The van der Waals surface area contributed by atoms with Crippen molar-refractivity contribution in [3.05, 3.63) is 35.1 Å². The van der Waals surface area contributed by atoms with Gasteiger partial charge in [-0.3, -0.25) is 13.8 Å². The molecule has 0 aliphatic carbocycles. The number of aryl methyl sites for hydroxylation is 3. The first-order valence-electron chi connectivity index (χ1n) is 5.25. The summed E-state index contributed by atoms with van der Waals surface area (Å²) < 4.78 is 5.06. The largest absolute Gasteiger partial charge is 0.382 e. The molecule has 86 valence electrons. The average Bonchev–Trinajstić information content (AvgIpc) is 2.83. The molecule has 0 unspecified atom stereocenters. The Hall–Kier alpha value is -1.98. The fourth-order valence-corrected chi connectivity index (χ4v) is 1.58. The van der Waals surface area contributed by atoms with Gasteiger partial charge in [-0.2, -0.15) is 5.10 Å². The molecule has 0 aliphatic rings. The van der Waals surface area contributed by atoms with Crippen LogP contribution in [0.25, 0.3) is 0 Å². The van der Waals surface area contributed by atoms with Crippen LogP contribution in [0.5, 0.6) is 0 Å². The summed E-state index contributed by atoms with van der Waals surface area (Å²) in [5.74, 6) is 0.499. The monoisotopic (exact) mass is 221 g/mol. The van der Waals surface area contributed by atoms with Crippen LogP contribution in [-0.4, -0.2) is 18.9 Å². The van der Waals surface area contributed by atoms with Gasteiger partial charge in [-0.1, -0.05) is 0 Å². The van der Waals surface area contributed by atoms with Crippen LogP contribution in [-0.2, 0) is 19.6 Å². The summed E-state index contributed by atoms with van der Waals surface area (Å²) in [7, 11) is 0. The average molecular weight is 221 g/mol. The lowest BCUT2D eigenvalue weighted by molar-refractivity contribution is 0.517. The number of nitrogens with two attached hydrogens (primary N) is 1. The highest BCUT2D eigenvalue weighted by Crippen LogP contribution is 1.96. The predicted molar refractivity (Wildman–Crippen MR) is 61.0 cm³/mol. The summed E-state index contributed by atoms with van der Waals surface area (Å²) in [5.41, 5.74) is 5.51. The summed E-state index contributed by atoms with van der Waals surface area (Å²) in [4.78, 5) is 11.7. The summed E-state index contributed by atoms with van der Waals surface area (Å²) >= 11 is 0. The minimum absolute atomic E-state index is 0.0163. The zero-order valence-corrected chi connectivity index (χ0v) is 9.21. The minimum atomic E-state index is 0.0163. The fourth-order valence-electron chi connectivity index (χ4n) is 1.58. The molecule has 6 heteroatoms. The Labute approximate surface area is 92.9 Å². The first kappa shape index (κ1) is 10.5. The molecule has 0 aliphatic heterocycles. The number of nitrogen functional groups attached to an aromatic ring is 1. The van der Waals surface area contributed by atoms with Crippen molar-refractivity contribution in [2.45, 2.75) is 26.6 Å². The van der Waals surface area contributed by atoms with E-state index in [-0.39, 0.29) is 5.69 Å². The van der Waals surface area contributed by atoms with Crippen LogP contribution in [0.2, 0.25) is 0 Å². The number of aromatic nitrogens is 4. The molecular weight excluding hydrogens is 206 g/mol. The normalized spacial score (nSPS) is 10.8. The Morgan fingerprint density at radius 3 is 2.56 bits per heavy atom. The standard InChI is InChI=1S/C10H15N5O/c1-2-13-5-6-14(10(13)16)7-8-15-4-3-9(11)12-15/h3-6H,2,7-8H2,1H3,(H2,11,12). The molecule has 2 heterocycles. The van der Waals surface area contributed by atoms with Crippen LogP contribution in [0.1, 0.15) is 6.92 Å². The van der Waals surface area contributed by atoms with E-state index in [1.807, 2.05) is 6.92 Å². The fraction of sp³-hybridized carbons (Fsp3) is 0.400. The van der Waals surface area contributed by atoms with Crippen molar-refractivity contribution in [3.63, 3.8) is 0 Å². The van der Waals surface area contributed by atoms with Crippen LogP contribution >= 0.6 is 0 Å². The van der Waals surface area contributed by atoms with Crippen molar-refractivity contribution in [2.24, 2.45) is 0 Å². The van der Waals surface area contributed by atoms with Gasteiger partial charge in [0.1, 0.15) is 5.82 Å². The summed E-state index contributed by atoms with van der Waals surface area (Å²) in [6.07, 6.45) is 5.38. The number of imidazole rings is 1. The topological polar surface area (TPSA) is 70.8 Å². The molecule has 6 nitrogen and oxygen atoms in total. The van der Waals surface area contributed by atoms with Crippen LogP contribution < -0.4 is 11.4 Å². The second kappa shape index (κ2) is 4.26. The zero-order valence-electron chi connectivity index (χ0n) is 9.21. The van der Waals surface area contributed by atoms with Gasteiger partial charge >= 0.3 is 5.69 Å². The number of hydrogen-bond donors (Lipinski definition) is 1. The van der Waals surface area contributed by atoms with Gasteiger partial charge in [-0.15, -0.1) is 0 Å². The van der Waals surface area contributed by atoms with Crippen LogP contribution in [0.3, 0.4) is 0 Å². The molecule has 0 saturated carbocycles. The van der Waals surface area contributed by atoms with E-state index in [0.29, 0.717) is 25.5 Å². The molecule has 2 aromatic heterocycles. The maximum absolute atomic E-state index is 11.7. The van der Waals surface area contributed by atoms with E-state index in [2.05, 4.69) is 5.10 Å². The second-order valence-corrected chi connectivity index (χ2v) is 3.56. The quantitative estimate of drug-likeness (QED) is 0.798. The van der Waals surface area contributed by atoms with Crippen molar-refractivity contribution in [3.8, 4) is 0 Å². The number of anilines is 1. The smallest absolute Gasteiger partial charge is 0.328 e. The molecule has 0 aromatic carbocycles. The Balaban J connectivity index is 2.05. The predicted octanol–water partition coefficient (Wildman–Crippen LogP) is 0.149. The molecule has 0 amide bonds. The molecule has 2 rings (SSSR count).